The Bertz CT molecular complexity index is 2860. The monoisotopic (exact) mass is 744 g/mol. The Morgan fingerprint density at radius 3 is 1.09 bits per heavy atom. The SMILES string of the molecule is CC1(C)c2ccccc2-c2ccc(N(c3ccc(N(c4ccc5c(c4)C(C)(C)c4ccccc4-5)c4cccc5ccccc45)cc3)c3cccc4ccccc34)cc21. The van der Waals surface area contributed by atoms with Gasteiger partial charge < -0.3 is 9.80 Å². The number of hydrogen-bond acceptors (Lipinski definition) is 2. The molecule has 0 radical (unpaired) electrons. The topological polar surface area (TPSA) is 6.48 Å². The van der Waals surface area contributed by atoms with E-state index in [1.54, 1.807) is 0 Å². The Kier molecular flexibility index (Phi) is 7.59. The molecule has 2 nitrogen and oxygen atoms in total. The highest BCUT2D eigenvalue weighted by Gasteiger charge is 2.37. The molecule has 0 amide bonds. The highest BCUT2D eigenvalue weighted by Crippen LogP contribution is 2.53. The van der Waals surface area contributed by atoms with Gasteiger partial charge in [0.25, 0.3) is 0 Å². The molecule has 0 N–H and O–H groups in total. The zero-order chi connectivity index (χ0) is 39.2. The molecule has 2 aliphatic rings. The van der Waals surface area contributed by atoms with Crippen LogP contribution in [-0.2, 0) is 10.8 Å². The zero-order valence-corrected chi connectivity index (χ0v) is 33.4. The van der Waals surface area contributed by atoms with Gasteiger partial charge in [-0.3, -0.25) is 0 Å². The van der Waals surface area contributed by atoms with E-state index in [1.165, 1.54) is 66.1 Å². The Labute approximate surface area is 341 Å². The van der Waals surface area contributed by atoms with E-state index in [2.05, 4.69) is 232 Å². The number of rotatable bonds is 6. The summed E-state index contributed by atoms with van der Waals surface area (Å²) in [5.41, 5.74) is 17.4. The number of anilines is 6. The molecule has 0 spiro atoms. The van der Waals surface area contributed by atoms with Gasteiger partial charge in [0.2, 0.25) is 0 Å². The lowest BCUT2D eigenvalue weighted by Crippen LogP contribution is -2.17. The van der Waals surface area contributed by atoms with Crippen LogP contribution in [0.5, 0.6) is 0 Å². The summed E-state index contributed by atoms with van der Waals surface area (Å²) in [6.07, 6.45) is 0. The van der Waals surface area contributed by atoms with Crippen LogP contribution < -0.4 is 9.80 Å². The van der Waals surface area contributed by atoms with Gasteiger partial charge in [0.1, 0.15) is 0 Å². The maximum Gasteiger partial charge on any atom is 0.0540 e. The van der Waals surface area contributed by atoms with Gasteiger partial charge in [-0.1, -0.05) is 161 Å². The quantitative estimate of drug-likeness (QED) is 0.167. The third-order valence-corrected chi connectivity index (χ3v) is 13.0. The lowest BCUT2D eigenvalue weighted by molar-refractivity contribution is 0.660. The summed E-state index contributed by atoms with van der Waals surface area (Å²) in [7, 11) is 0. The van der Waals surface area contributed by atoms with E-state index in [0.717, 1.165) is 34.1 Å². The van der Waals surface area contributed by atoms with Crippen LogP contribution >= 0.6 is 0 Å². The molecule has 9 aromatic rings. The van der Waals surface area contributed by atoms with Gasteiger partial charge in [-0.25, -0.2) is 0 Å². The molecule has 0 bridgehead atoms. The second-order valence-electron chi connectivity index (χ2n) is 17.0. The van der Waals surface area contributed by atoms with Crippen molar-refractivity contribution in [1.82, 2.24) is 0 Å². The third-order valence-electron chi connectivity index (χ3n) is 13.0. The molecule has 0 aromatic heterocycles. The number of benzene rings is 9. The van der Waals surface area contributed by atoms with E-state index in [0.29, 0.717) is 0 Å². The first-order valence-corrected chi connectivity index (χ1v) is 20.4. The molecule has 58 heavy (non-hydrogen) atoms. The summed E-state index contributed by atoms with van der Waals surface area (Å²) in [6, 6.07) is 71.9. The van der Waals surface area contributed by atoms with Crippen molar-refractivity contribution in [2.45, 2.75) is 38.5 Å². The van der Waals surface area contributed by atoms with Crippen LogP contribution in [0.2, 0.25) is 0 Å². The van der Waals surface area contributed by atoms with Crippen molar-refractivity contribution in [3.8, 4) is 22.3 Å². The standard InChI is InChI=1S/C56H44N2/c1-55(2)49-23-11-9-21-45(49)47-33-31-41(35-51(47)55)57(53-25-13-17-37-15-5-7-19-43(37)53)39-27-29-40(30-28-39)58(54-26-14-18-38-16-6-8-20-44(38)54)42-32-34-48-46-22-10-12-24-50(46)56(3,4)52(48)36-42/h5-36H,1-4H3. The highest BCUT2D eigenvalue weighted by atomic mass is 15.2. The van der Waals surface area contributed by atoms with Crippen LogP contribution in [0.3, 0.4) is 0 Å². The second-order valence-corrected chi connectivity index (χ2v) is 17.0. The molecule has 0 saturated carbocycles. The molecule has 0 unspecified atom stereocenters. The predicted octanol–water partition coefficient (Wildman–Crippen LogP) is 15.5. The largest absolute Gasteiger partial charge is 0.310 e. The Morgan fingerprint density at radius 1 is 0.293 bits per heavy atom. The smallest absolute Gasteiger partial charge is 0.0540 e. The minimum atomic E-state index is -0.110. The number of nitrogens with zero attached hydrogens (tertiary/aromatic N) is 2. The summed E-state index contributed by atoms with van der Waals surface area (Å²) in [4.78, 5) is 4.89. The second kappa shape index (κ2) is 12.8. The molecule has 0 aliphatic heterocycles. The van der Waals surface area contributed by atoms with Crippen LogP contribution in [0, 0.1) is 0 Å². The molecule has 278 valence electrons. The number of hydrogen-bond donors (Lipinski definition) is 0. The van der Waals surface area contributed by atoms with E-state index < -0.39 is 0 Å². The van der Waals surface area contributed by atoms with Crippen molar-refractivity contribution in [3.63, 3.8) is 0 Å². The predicted molar refractivity (Wildman–Crippen MR) is 246 cm³/mol. The van der Waals surface area contributed by atoms with Crippen LogP contribution in [0.1, 0.15) is 49.9 Å². The van der Waals surface area contributed by atoms with Gasteiger partial charge in [0.15, 0.2) is 0 Å². The minimum Gasteiger partial charge on any atom is -0.310 e. The van der Waals surface area contributed by atoms with Crippen LogP contribution in [0.15, 0.2) is 194 Å². The first-order valence-electron chi connectivity index (χ1n) is 20.4. The number of fused-ring (bicyclic) bond motifs is 8. The molecule has 0 fully saturated rings. The summed E-state index contributed by atoms with van der Waals surface area (Å²) >= 11 is 0. The maximum absolute atomic E-state index is 2.45. The normalized spacial score (nSPS) is 14.1. The fourth-order valence-corrected chi connectivity index (χ4v) is 10.1. The molecule has 0 saturated heterocycles. The summed E-state index contributed by atoms with van der Waals surface area (Å²) in [5.74, 6) is 0. The van der Waals surface area contributed by atoms with Crippen molar-refractivity contribution < 1.29 is 0 Å². The first-order chi connectivity index (χ1) is 28.3. The molecule has 11 rings (SSSR count). The average molecular weight is 745 g/mol. The zero-order valence-electron chi connectivity index (χ0n) is 33.4. The lowest BCUT2D eigenvalue weighted by atomic mass is 9.82. The van der Waals surface area contributed by atoms with Gasteiger partial charge >= 0.3 is 0 Å². The van der Waals surface area contributed by atoms with Gasteiger partial charge in [-0.05, 0) is 116 Å². The van der Waals surface area contributed by atoms with E-state index >= 15 is 0 Å². The molecule has 2 heteroatoms. The third kappa shape index (κ3) is 5.11. The van der Waals surface area contributed by atoms with E-state index in [-0.39, 0.29) is 10.8 Å². The van der Waals surface area contributed by atoms with Gasteiger partial charge in [0, 0.05) is 44.4 Å². The van der Waals surface area contributed by atoms with Crippen LogP contribution in [0.4, 0.5) is 34.1 Å². The van der Waals surface area contributed by atoms with Crippen molar-refractivity contribution in [3.05, 3.63) is 216 Å². The van der Waals surface area contributed by atoms with Crippen molar-refractivity contribution in [2.75, 3.05) is 9.80 Å². The van der Waals surface area contributed by atoms with E-state index in [1.807, 2.05) is 0 Å². The van der Waals surface area contributed by atoms with Crippen LogP contribution in [-0.4, -0.2) is 0 Å². The van der Waals surface area contributed by atoms with E-state index in [4.69, 9.17) is 0 Å². The lowest BCUT2D eigenvalue weighted by Gasteiger charge is -2.31. The molecule has 9 aromatic carbocycles. The average Bonchev–Trinajstić information content (AvgIpc) is 3.63. The van der Waals surface area contributed by atoms with Crippen LogP contribution in [0.25, 0.3) is 43.8 Å². The Balaban J connectivity index is 1.08. The molecule has 2 aliphatic carbocycles. The van der Waals surface area contributed by atoms with Gasteiger partial charge in [0.05, 0.1) is 11.4 Å². The fourth-order valence-electron chi connectivity index (χ4n) is 10.1. The first kappa shape index (κ1) is 34.4. The summed E-state index contributed by atoms with van der Waals surface area (Å²) in [6.45, 7) is 9.44. The maximum atomic E-state index is 2.45. The Morgan fingerprint density at radius 2 is 0.638 bits per heavy atom. The molecular weight excluding hydrogens is 701 g/mol. The molecular formula is C56H44N2. The van der Waals surface area contributed by atoms with Crippen molar-refractivity contribution in [1.29, 1.82) is 0 Å². The summed E-state index contributed by atoms with van der Waals surface area (Å²) < 4.78 is 0. The minimum absolute atomic E-state index is 0.110. The van der Waals surface area contributed by atoms with Gasteiger partial charge in [-0.2, -0.15) is 0 Å². The molecule has 0 heterocycles. The Hall–Kier alpha value is -6.90. The van der Waals surface area contributed by atoms with E-state index in [9.17, 15) is 0 Å². The van der Waals surface area contributed by atoms with Gasteiger partial charge in [-0.15, -0.1) is 0 Å². The van der Waals surface area contributed by atoms with Crippen molar-refractivity contribution in [2.24, 2.45) is 0 Å². The summed E-state index contributed by atoms with van der Waals surface area (Å²) in [5, 5.41) is 4.88. The highest BCUT2D eigenvalue weighted by molar-refractivity contribution is 6.01. The molecule has 0 atom stereocenters. The van der Waals surface area contributed by atoms with Crippen molar-refractivity contribution >= 4 is 55.7 Å². The fraction of sp³-hybridized carbons (Fsp3) is 0.107.